The Hall–Kier alpha value is -2.26. The monoisotopic (exact) mass is 611 g/mol. The molecule has 1 saturated heterocycles. The highest BCUT2D eigenvalue weighted by atomic mass is 28.4. The summed E-state index contributed by atoms with van der Waals surface area (Å²) < 4.78 is 170. The molecule has 0 aromatic heterocycles. The Morgan fingerprint density at radius 3 is 1.38 bits per heavy atom. The molecule has 2 aromatic rings. The van der Waals surface area contributed by atoms with Gasteiger partial charge in [-0.05, 0) is 86.0 Å². The summed E-state index contributed by atoms with van der Waals surface area (Å²) in [6, 6.07) is 0.960. The summed E-state index contributed by atoms with van der Waals surface area (Å²) in [4.78, 5) is 0. The van der Waals surface area contributed by atoms with Gasteiger partial charge in [0.15, 0.2) is 0 Å². The highest BCUT2D eigenvalue weighted by molar-refractivity contribution is 6.84. The topological polar surface area (TPSA) is 21.3 Å². The van der Waals surface area contributed by atoms with Crippen LogP contribution in [-0.4, -0.2) is 20.9 Å². The minimum Gasteiger partial charge on any atom is -0.402 e. The number of nitrogens with one attached hydrogen (secondary N) is 1. The fourth-order valence-electron chi connectivity index (χ4n) is 4.95. The number of hydrogen-bond donors (Lipinski definition) is 1. The molecule has 0 bridgehead atoms. The summed E-state index contributed by atoms with van der Waals surface area (Å²) in [6.07, 6.45) is -20.2. The second-order valence-corrected chi connectivity index (χ2v) is 13.9. The quantitative estimate of drug-likeness (QED) is 0.263. The highest BCUT2D eigenvalue weighted by Gasteiger charge is 2.49. The van der Waals surface area contributed by atoms with E-state index < -0.39 is 77.7 Å². The van der Waals surface area contributed by atoms with E-state index in [0.29, 0.717) is 37.2 Å². The third-order valence-electron chi connectivity index (χ3n) is 6.94. The first-order valence-electron chi connectivity index (χ1n) is 12.0. The Labute approximate surface area is 222 Å². The molecule has 15 heteroatoms. The zero-order valence-electron chi connectivity index (χ0n) is 21.3. The molecule has 2 unspecified atom stereocenters. The second-order valence-electron chi connectivity index (χ2n) is 10.1. The molecule has 3 rings (SSSR count). The van der Waals surface area contributed by atoms with E-state index in [-0.39, 0.29) is 25.0 Å². The third kappa shape index (κ3) is 6.78. The molecule has 1 aliphatic heterocycles. The first-order chi connectivity index (χ1) is 18.0. The summed E-state index contributed by atoms with van der Waals surface area (Å²) >= 11 is 0. The summed E-state index contributed by atoms with van der Waals surface area (Å²) in [5.41, 5.74) is -8.92. The van der Waals surface area contributed by atoms with Crippen LogP contribution in [0.25, 0.3) is 0 Å². The van der Waals surface area contributed by atoms with E-state index in [1.807, 2.05) is 0 Å². The van der Waals surface area contributed by atoms with E-state index in [1.165, 1.54) is 20.0 Å². The van der Waals surface area contributed by atoms with Gasteiger partial charge in [0.2, 0.25) is 8.32 Å². The fraction of sp³-hybridized carbons (Fsp3) is 0.520. The van der Waals surface area contributed by atoms with Crippen molar-refractivity contribution < 1.29 is 57.1 Å². The van der Waals surface area contributed by atoms with Gasteiger partial charge in [-0.3, -0.25) is 0 Å². The molecule has 2 atom stereocenters. The fourth-order valence-corrected chi connectivity index (χ4v) is 7.39. The van der Waals surface area contributed by atoms with Gasteiger partial charge in [0.05, 0.1) is 27.9 Å². The maximum atomic E-state index is 13.7. The predicted molar refractivity (Wildman–Crippen MR) is 124 cm³/mol. The van der Waals surface area contributed by atoms with Gasteiger partial charge in [-0.1, -0.05) is 6.92 Å². The molecule has 0 aliphatic carbocycles. The maximum absolute atomic E-state index is 13.7. The standard InChI is InChI=1S/C25H25F12NOSi/c1-4-21(20-6-5-7-38-20,14-8-15(22(26,27)28)10-16(9-14)23(29,30)31)39-40(2,3)19-12-17(24(32,33)34)11-18(13-19)25(35,36)37/h8-13,20,38H,4-7H2,1-3H3. The van der Waals surface area contributed by atoms with Gasteiger partial charge in [0.1, 0.15) is 0 Å². The molecule has 0 saturated carbocycles. The Morgan fingerprint density at radius 1 is 0.675 bits per heavy atom. The summed E-state index contributed by atoms with van der Waals surface area (Å²) in [7, 11) is -3.94. The summed E-state index contributed by atoms with van der Waals surface area (Å²) in [5, 5.41) is 2.51. The first kappa shape index (κ1) is 32.3. The number of halogens is 12. The number of benzene rings is 2. The largest absolute Gasteiger partial charge is 0.416 e. The molecule has 40 heavy (non-hydrogen) atoms. The SMILES string of the molecule is CCC(O[Si](C)(C)c1cc(C(F)(F)F)cc(C(F)(F)F)c1)(c1cc(C(F)(F)F)cc(C(F)(F)F)c1)C1CCCN1. The Morgan fingerprint density at radius 2 is 1.05 bits per heavy atom. The number of rotatable bonds is 6. The van der Waals surface area contributed by atoms with Crippen molar-refractivity contribution in [3.05, 3.63) is 64.2 Å². The van der Waals surface area contributed by atoms with Crippen molar-refractivity contribution in [3.8, 4) is 0 Å². The minimum absolute atomic E-state index is 0.0586. The molecule has 1 heterocycles. The maximum Gasteiger partial charge on any atom is 0.416 e. The molecule has 0 radical (unpaired) electrons. The molecular formula is C25H25F12NOSi. The van der Waals surface area contributed by atoms with E-state index >= 15 is 0 Å². The van der Waals surface area contributed by atoms with Crippen molar-refractivity contribution in [1.29, 1.82) is 0 Å². The van der Waals surface area contributed by atoms with Crippen molar-refractivity contribution in [2.45, 2.75) is 75.6 Å². The van der Waals surface area contributed by atoms with Gasteiger partial charge in [0, 0.05) is 6.04 Å². The van der Waals surface area contributed by atoms with E-state index in [4.69, 9.17) is 4.43 Å². The van der Waals surface area contributed by atoms with Crippen molar-refractivity contribution >= 4 is 13.5 Å². The summed E-state index contributed by atoms with van der Waals surface area (Å²) in [5.74, 6) is 0. The zero-order valence-corrected chi connectivity index (χ0v) is 22.3. The van der Waals surface area contributed by atoms with Crippen molar-refractivity contribution in [3.63, 3.8) is 0 Å². The average Bonchev–Trinajstić information content (AvgIpc) is 3.35. The molecule has 1 aliphatic rings. The second kappa shape index (κ2) is 10.5. The van der Waals surface area contributed by atoms with Crippen LogP contribution in [0.15, 0.2) is 36.4 Å². The van der Waals surface area contributed by atoms with Crippen LogP contribution in [0.3, 0.4) is 0 Å². The van der Waals surface area contributed by atoms with Crippen molar-refractivity contribution in [1.82, 2.24) is 5.32 Å². The Balaban J connectivity index is 2.29. The summed E-state index contributed by atoms with van der Waals surface area (Å²) in [6.45, 7) is 4.25. The van der Waals surface area contributed by atoms with E-state index in [1.54, 1.807) is 0 Å². The van der Waals surface area contributed by atoms with E-state index in [2.05, 4.69) is 5.32 Å². The molecule has 0 spiro atoms. The molecule has 2 aromatic carbocycles. The van der Waals surface area contributed by atoms with Crippen LogP contribution in [0.2, 0.25) is 13.1 Å². The van der Waals surface area contributed by atoms with Crippen LogP contribution >= 0.6 is 0 Å². The lowest BCUT2D eigenvalue weighted by Gasteiger charge is -2.45. The van der Waals surface area contributed by atoms with Gasteiger partial charge in [-0.2, -0.15) is 52.7 Å². The lowest BCUT2D eigenvalue weighted by atomic mass is 9.81. The van der Waals surface area contributed by atoms with Crippen molar-refractivity contribution in [2.24, 2.45) is 0 Å². The van der Waals surface area contributed by atoms with Crippen LogP contribution in [0, 0.1) is 0 Å². The van der Waals surface area contributed by atoms with Crippen LogP contribution in [0.4, 0.5) is 52.7 Å². The Bertz CT molecular complexity index is 1150. The molecule has 0 amide bonds. The molecule has 224 valence electrons. The zero-order chi connectivity index (χ0) is 30.5. The van der Waals surface area contributed by atoms with Crippen LogP contribution in [-0.2, 0) is 34.7 Å². The van der Waals surface area contributed by atoms with Gasteiger partial charge >= 0.3 is 24.7 Å². The molecule has 1 fully saturated rings. The van der Waals surface area contributed by atoms with Gasteiger partial charge in [0.25, 0.3) is 0 Å². The number of hydrogen-bond acceptors (Lipinski definition) is 2. The predicted octanol–water partition coefficient (Wildman–Crippen LogP) is 8.25. The van der Waals surface area contributed by atoms with Gasteiger partial charge in [-0.15, -0.1) is 0 Å². The third-order valence-corrected chi connectivity index (χ3v) is 9.50. The molecule has 1 N–H and O–H groups in total. The lowest BCUT2D eigenvalue weighted by Crippen LogP contribution is -2.57. The van der Waals surface area contributed by atoms with Crippen LogP contribution in [0.5, 0.6) is 0 Å². The van der Waals surface area contributed by atoms with Gasteiger partial charge < -0.3 is 9.74 Å². The number of alkyl halides is 12. The van der Waals surface area contributed by atoms with E-state index in [0.717, 1.165) is 0 Å². The normalized spacial score (nSPS) is 19.1. The van der Waals surface area contributed by atoms with Crippen LogP contribution < -0.4 is 10.5 Å². The highest BCUT2D eigenvalue weighted by Crippen LogP contribution is 2.45. The smallest absolute Gasteiger partial charge is 0.402 e. The lowest BCUT2D eigenvalue weighted by molar-refractivity contribution is -0.144. The first-order valence-corrected chi connectivity index (χ1v) is 14.9. The van der Waals surface area contributed by atoms with E-state index in [9.17, 15) is 52.7 Å². The molecule has 2 nitrogen and oxygen atoms in total. The van der Waals surface area contributed by atoms with Crippen molar-refractivity contribution in [2.75, 3.05) is 6.54 Å². The van der Waals surface area contributed by atoms with Gasteiger partial charge in [-0.25, -0.2) is 0 Å². The molecular weight excluding hydrogens is 586 g/mol. The Kier molecular flexibility index (Phi) is 8.49. The minimum atomic E-state index is -5.19. The van der Waals surface area contributed by atoms with Crippen LogP contribution in [0.1, 0.15) is 54.0 Å². The average molecular weight is 612 g/mol.